The molecule has 7 nitrogen and oxygen atoms in total. The molecule has 0 spiro atoms. The first-order valence-electron chi connectivity index (χ1n) is 9.94. The third-order valence-electron chi connectivity index (χ3n) is 6.14. The number of nitriles is 1. The van der Waals surface area contributed by atoms with Crippen LogP contribution in [-0.4, -0.2) is 34.8 Å². The Balaban J connectivity index is 1.78. The Morgan fingerprint density at radius 1 is 1.19 bits per heavy atom. The zero-order valence-corrected chi connectivity index (χ0v) is 17.5. The van der Waals surface area contributed by atoms with E-state index < -0.39 is 29.1 Å². The summed E-state index contributed by atoms with van der Waals surface area (Å²) in [7, 11) is 1.53. The van der Waals surface area contributed by atoms with E-state index in [4.69, 9.17) is 5.73 Å². The van der Waals surface area contributed by atoms with Gasteiger partial charge in [0.05, 0.1) is 11.5 Å². The average molecular weight is 445 g/mol. The smallest absolute Gasteiger partial charge is 0.406 e. The van der Waals surface area contributed by atoms with Crippen LogP contribution < -0.4 is 10.5 Å². The number of alkyl halides is 3. The van der Waals surface area contributed by atoms with Gasteiger partial charge in [-0.1, -0.05) is 41.6 Å². The molecule has 1 heterocycles. The van der Waals surface area contributed by atoms with Crippen LogP contribution in [0, 0.1) is 11.3 Å². The van der Waals surface area contributed by atoms with Gasteiger partial charge < -0.3 is 10.5 Å². The standard InChI is InChI=1S/C22H22F3N5O2/c1-20(16-4-3-5-17(12-16)32-22(23,24)25)18(30(31)29(2)19(27)28-20)14-6-8-15(9-7-14)21(13-26)10-11-21/h3-9,12,18,31H,10-11H2,1-2H3,(H2,27,28)/t18-,20+/m0/s1. The topological polar surface area (TPSA) is 98.1 Å². The van der Waals surface area contributed by atoms with Crippen LogP contribution in [0.15, 0.2) is 53.5 Å². The van der Waals surface area contributed by atoms with Crippen LogP contribution in [-0.2, 0) is 11.0 Å². The van der Waals surface area contributed by atoms with Crippen molar-refractivity contribution in [1.29, 1.82) is 5.26 Å². The van der Waals surface area contributed by atoms with Crippen molar-refractivity contribution in [1.82, 2.24) is 10.2 Å². The van der Waals surface area contributed by atoms with E-state index in [9.17, 15) is 23.6 Å². The van der Waals surface area contributed by atoms with Crippen LogP contribution >= 0.6 is 0 Å². The van der Waals surface area contributed by atoms with Crippen LogP contribution in [0.3, 0.4) is 0 Å². The molecule has 0 aromatic heterocycles. The summed E-state index contributed by atoms with van der Waals surface area (Å²) >= 11 is 0. The van der Waals surface area contributed by atoms with Crippen molar-refractivity contribution in [3.05, 3.63) is 65.2 Å². The maximum Gasteiger partial charge on any atom is 0.573 e. The number of hydrogen-bond donors (Lipinski definition) is 2. The number of hydrazine groups is 1. The highest BCUT2D eigenvalue weighted by Crippen LogP contribution is 2.49. The fourth-order valence-electron chi connectivity index (χ4n) is 4.14. The van der Waals surface area contributed by atoms with E-state index in [1.165, 1.54) is 30.3 Å². The quantitative estimate of drug-likeness (QED) is 0.739. The second-order valence-corrected chi connectivity index (χ2v) is 8.26. The van der Waals surface area contributed by atoms with Crippen LogP contribution in [0.4, 0.5) is 13.2 Å². The Kier molecular flexibility index (Phi) is 5.07. The number of ether oxygens (including phenoxy) is 1. The Morgan fingerprint density at radius 3 is 2.41 bits per heavy atom. The number of nitrogens with two attached hydrogens (primary N) is 1. The number of halogens is 3. The summed E-state index contributed by atoms with van der Waals surface area (Å²) in [5.41, 5.74) is 6.20. The van der Waals surface area contributed by atoms with Gasteiger partial charge >= 0.3 is 6.36 Å². The Hall–Kier alpha value is -3.29. The maximum atomic E-state index is 12.7. The molecule has 2 aromatic rings. The number of benzene rings is 2. The van der Waals surface area contributed by atoms with E-state index in [1.807, 2.05) is 12.1 Å². The minimum absolute atomic E-state index is 0.00794. The maximum absolute atomic E-state index is 12.7. The number of nitrogens with zero attached hydrogens (tertiary/aromatic N) is 4. The molecule has 10 heteroatoms. The summed E-state index contributed by atoms with van der Waals surface area (Å²) in [4.78, 5) is 4.54. The van der Waals surface area contributed by atoms with Crippen molar-refractivity contribution in [2.75, 3.05) is 7.05 Å². The second kappa shape index (κ2) is 7.39. The Labute approximate surface area is 183 Å². The minimum atomic E-state index is -4.84. The van der Waals surface area contributed by atoms with Crippen molar-refractivity contribution in [2.24, 2.45) is 10.7 Å². The van der Waals surface area contributed by atoms with Gasteiger partial charge in [0.25, 0.3) is 0 Å². The highest BCUT2D eigenvalue weighted by atomic mass is 19.4. The third-order valence-corrected chi connectivity index (χ3v) is 6.14. The molecular weight excluding hydrogens is 423 g/mol. The van der Waals surface area contributed by atoms with Gasteiger partial charge in [0.15, 0.2) is 0 Å². The summed E-state index contributed by atoms with van der Waals surface area (Å²) in [5, 5.41) is 22.5. The molecule has 168 valence electrons. The zero-order chi connectivity index (χ0) is 23.3. The highest BCUT2D eigenvalue weighted by molar-refractivity contribution is 5.79. The SMILES string of the molecule is CN1C(N)=N[C@](C)(c2cccc(OC(F)(F)F)c2)[C@H](c2ccc(C3(C#N)CC3)cc2)N1O. The molecule has 0 amide bonds. The van der Waals surface area contributed by atoms with Crippen LogP contribution in [0.5, 0.6) is 5.75 Å². The normalized spacial score (nSPS) is 25.1. The first-order valence-corrected chi connectivity index (χ1v) is 9.94. The van der Waals surface area contributed by atoms with Crippen molar-refractivity contribution < 1.29 is 23.1 Å². The molecule has 1 fully saturated rings. The van der Waals surface area contributed by atoms with Gasteiger partial charge in [-0.15, -0.1) is 13.2 Å². The molecule has 3 N–H and O–H groups in total. The van der Waals surface area contributed by atoms with E-state index in [0.717, 1.165) is 23.6 Å². The van der Waals surface area contributed by atoms with Crippen molar-refractivity contribution in [3.8, 4) is 11.8 Å². The zero-order valence-electron chi connectivity index (χ0n) is 17.5. The molecule has 2 aliphatic rings. The van der Waals surface area contributed by atoms with Crippen LogP contribution in [0.1, 0.15) is 42.5 Å². The lowest BCUT2D eigenvalue weighted by Gasteiger charge is -2.46. The van der Waals surface area contributed by atoms with Gasteiger partial charge in [0, 0.05) is 7.05 Å². The first-order chi connectivity index (χ1) is 15.0. The summed E-state index contributed by atoms with van der Waals surface area (Å²) < 4.78 is 42.3. The number of aliphatic imine (C=N–C) groups is 1. The lowest BCUT2D eigenvalue weighted by atomic mass is 9.80. The van der Waals surface area contributed by atoms with Gasteiger partial charge in [-0.25, -0.2) is 4.99 Å². The molecule has 0 bridgehead atoms. The molecule has 4 rings (SSSR count). The van der Waals surface area contributed by atoms with E-state index in [2.05, 4.69) is 15.8 Å². The van der Waals surface area contributed by atoms with Gasteiger partial charge in [-0.05, 0) is 48.6 Å². The molecule has 1 aliphatic carbocycles. The predicted molar refractivity (Wildman–Crippen MR) is 109 cm³/mol. The third kappa shape index (κ3) is 3.74. The van der Waals surface area contributed by atoms with Gasteiger partial charge in [-0.2, -0.15) is 5.26 Å². The number of hydroxylamine groups is 1. The van der Waals surface area contributed by atoms with E-state index in [-0.39, 0.29) is 5.96 Å². The van der Waals surface area contributed by atoms with Crippen molar-refractivity contribution in [2.45, 2.75) is 43.1 Å². The fraction of sp³-hybridized carbons (Fsp3) is 0.364. The number of guanidine groups is 1. The van der Waals surface area contributed by atoms with Gasteiger partial charge in [-0.3, -0.25) is 10.2 Å². The monoisotopic (exact) mass is 445 g/mol. The van der Waals surface area contributed by atoms with E-state index in [0.29, 0.717) is 11.1 Å². The summed E-state index contributed by atoms with van der Waals surface area (Å²) in [6.07, 6.45) is -3.25. The van der Waals surface area contributed by atoms with Crippen molar-refractivity contribution in [3.63, 3.8) is 0 Å². The molecule has 0 saturated heterocycles. The lowest BCUT2D eigenvalue weighted by Crippen LogP contribution is -2.57. The summed E-state index contributed by atoms with van der Waals surface area (Å²) in [5.74, 6) is -0.404. The number of hydrogen-bond acceptors (Lipinski definition) is 7. The molecule has 32 heavy (non-hydrogen) atoms. The predicted octanol–water partition coefficient (Wildman–Crippen LogP) is 3.96. The van der Waals surface area contributed by atoms with Crippen LogP contribution in [0.2, 0.25) is 0 Å². The Morgan fingerprint density at radius 2 is 1.84 bits per heavy atom. The molecule has 1 saturated carbocycles. The van der Waals surface area contributed by atoms with E-state index in [1.54, 1.807) is 25.1 Å². The molecule has 2 atom stereocenters. The molecule has 1 aliphatic heterocycles. The van der Waals surface area contributed by atoms with Crippen molar-refractivity contribution >= 4 is 5.96 Å². The first kappa shape index (κ1) is 21.9. The van der Waals surface area contributed by atoms with E-state index >= 15 is 0 Å². The molecule has 0 unspecified atom stereocenters. The summed E-state index contributed by atoms with van der Waals surface area (Å²) in [6.45, 7) is 1.68. The molecule has 0 radical (unpaired) electrons. The molecular formula is C22H22F3N5O2. The largest absolute Gasteiger partial charge is 0.573 e. The second-order valence-electron chi connectivity index (χ2n) is 8.26. The lowest BCUT2D eigenvalue weighted by molar-refractivity contribution is -0.274. The summed E-state index contributed by atoms with van der Waals surface area (Å²) in [6, 6.07) is 14.3. The Bertz CT molecular complexity index is 1090. The number of rotatable bonds is 4. The van der Waals surface area contributed by atoms with Gasteiger partial charge in [0.2, 0.25) is 5.96 Å². The molecule has 2 aromatic carbocycles. The van der Waals surface area contributed by atoms with Crippen LogP contribution in [0.25, 0.3) is 0 Å². The highest BCUT2D eigenvalue weighted by Gasteiger charge is 2.48. The minimum Gasteiger partial charge on any atom is -0.406 e. The van der Waals surface area contributed by atoms with Gasteiger partial charge in [0.1, 0.15) is 17.3 Å². The average Bonchev–Trinajstić information content (AvgIpc) is 3.53. The fourth-order valence-corrected chi connectivity index (χ4v) is 4.14.